The quantitative estimate of drug-likeness (QED) is 0.446. The first-order valence-corrected chi connectivity index (χ1v) is 9.41. The molecular formula is C21H19ClN6O. The molecule has 0 fully saturated rings. The second kappa shape index (κ2) is 7.89. The molecule has 4 aromatic rings. The lowest BCUT2D eigenvalue weighted by molar-refractivity contribution is 0.394. The fourth-order valence-electron chi connectivity index (χ4n) is 2.83. The lowest BCUT2D eigenvalue weighted by Crippen LogP contribution is -2.03. The van der Waals surface area contributed by atoms with Crippen molar-refractivity contribution in [2.75, 3.05) is 10.6 Å². The number of hydrogen-bond acceptors (Lipinski definition) is 7. The molecule has 0 aliphatic heterocycles. The van der Waals surface area contributed by atoms with E-state index in [1.807, 2.05) is 44.2 Å². The van der Waals surface area contributed by atoms with Crippen LogP contribution in [0.4, 0.5) is 23.1 Å². The van der Waals surface area contributed by atoms with E-state index in [4.69, 9.17) is 16.1 Å². The normalized spacial score (nSPS) is 10.8. The van der Waals surface area contributed by atoms with Gasteiger partial charge in [0, 0.05) is 18.2 Å². The van der Waals surface area contributed by atoms with Gasteiger partial charge in [0.1, 0.15) is 5.02 Å². The summed E-state index contributed by atoms with van der Waals surface area (Å²) < 4.78 is 5.10. The Morgan fingerprint density at radius 1 is 0.931 bits per heavy atom. The lowest BCUT2D eigenvalue weighted by Gasteiger charge is -2.13. The number of halogens is 1. The van der Waals surface area contributed by atoms with Crippen molar-refractivity contribution in [2.24, 2.45) is 0 Å². The van der Waals surface area contributed by atoms with Crippen LogP contribution in [0.5, 0.6) is 0 Å². The number of hydrogen-bond donors (Lipinski definition) is 2. The Kier molecular flexibility index (Phi) is 5.14. The van der Waals surface area contributed by atoms with E-state index in [0.717, 1.165) is 28.1 Å². The number of anilines is 4. The molecule has 4 rings (SSSR count). The topological polar surface area (TPSA) is 88.8 Å². The van der Waals surface area contributed by atoms with Crippen molar-refractivity contribution in [3.63, 3.8) is 0 Å². The SMILES string of the molecule is Cc1ccc(C)c(Nc2ncc(Cl)c(Nc3ccccc3-c3noc(C)n3)n2)c1. The molecule has 146 valence electrons. The molecule has 29 heavy (non-hydrogen) atoms. The minimum atomic E-state index is 0.399. The minimum absolute atomic E-state index is 0.399. The Morgan fingerprint density at radius 2 is 1.76 bits per heavy atom. The van der Waals surface area contributed by atoms with Gasteiger partial charge in [-0.3, -0.25) is 0 Å². The third-order valence-electron chi connectivity index (χ3n) is 4.33. The van der Waals surface area contributed by atoms with Crippen molar-refractivity contribution >= 4 is 34.7 Å². The molecular weight excluding hydrogens is 388 g/mol. The van der Waals surface area contributed by atoms with Crippen molar-refractivity contribution in [3.8, 4) is 11.4 Å². The van der Waals surface area contributed by atoms with Gasteiger partial charge < -0.3 is 15.2 Å². The molecule has 7 nitrogen and oxygen atoms in total. The fraction of sp³-hybridized carbons (Fsp3) is 0.143. The summed E-state index contributed by atoms with van der Waals surface area (Å²) in [5, 5.41) is 10.9. The second-order valence-corrected chi connectivity index (χ2v) is 7.05. The van der Waals surface area contributed by atoms with Crippen LogP contribution in [0.2, 0.25) is 5.02 Å². The Hall–Kier alpha value is -3.45. The zero-order valence-corrected chi connectivity index (χ0v) is 16.9. The molecule has 2 aromatic carbocycles. The van der Waals surface area contributed by atoms with Gasteiger partial charge in [-0.25, -0.2) is 4.98 Å². The summed E-state index contributed by atoms with van der Waals surface area (Å²) in [4.78, 5) is 13.1. The first-order chi connectivity index (χ1) is 14.0. The summed E-state index contributed by atoms with van der Waals surface area (Å²) >= 11 is 6.34. The van der Waals surface area contributed by atoms with E-state index in [9.17, 15) is 0 Å². The molecule has 0 bridgehead atoms. The van der Waals surface area contributed by atoms with Crippen molar-refractivity contribution in [2.45, 2.75) is 20.8 Å². The highest BCUT2D eigenvalue weighted by molar-refractivity contribution is 6.33. The van der Waals surface area contributed by atoms with Crippen LogP contribution in [0.15, 0.2) is 53.2 Å². The van der Waals surface area contributed by atoms with Gasteiger partial charge in [0.2, 0.25) is 17.7 Å². The molecule has 0 radical (unpaired) electrons. The van der Waals surface area contributed by atoms with Crippen molar-refractivity contribution in [1.82, 2.24) is 20.1 Å². The number of aryl methyl sites for hydroxylation is 3. The lowest BCUT2D eigenvalue weighted by atomic mass is 10.1. The summed E-state index contributed by atoms with van der Waals surface area (Å²) in [6.45, 7) is 5.82. The number of aromatic nitrogens is 4. The predicted molar refractivity (Wildman–Crippen MR) is 114 cm³/mol. The Labute approximate surface area is 173 Å². The third-order valence-corrected chi connectivity index (χ3v) is 4.61. The number of para-hydroxylation sites is 1. The molecule has 0 aliphatic carbocycles. The number of benzene rings is 2. The van der Waals surface area contributed by atoms with E-state index in [0.29, 0.717) is 28.5 Å². The largest absolute Gasteiger partial charge is 0.339 e. The molecule has 2 heterocycles. The summed E-state index contributed by atoms with van der Waals surface area (Å²) in [6.07, 6.45) is 1.56. The van der Waals surface area contributed by atoms with Crippen molar-refractivity contribution in [1.29, 1.82) is 0 Å². The number of nitrogens with zero attached hydrogens (tertiary/aromatic N) is 4. The maximum Gasteiger partial charge on any atom is 0.229 e. The molecule has 0 spiro atoms. The minimum Gasteiger partial charge on any atom is -0.339 e. The van der Waals surface area contributed by atoms with Crippen LogP contribution in [0.25, 0.3) is 11.4 Å². The molecule has 0 saturated carbocycles. The third kappa shape index (κ3) is 4.20. The summed E-state index contributed by atoms with van der Waals surface area (Å²) in [5.41, 5.74) is 4.73. The van der Waals surface area contributed by atoms with Gasteiger partial charge in [-0.15, -0.1) is 0 Å². The van der Waals surface area contributed by atoms with E-state index in [-0.39, 0.29) is 0 Å². The molecule has 8 heteroatoms. The van der Waals surface area contributed by atoms with Gasteiger partial charge in [0.25, 0.3) is 0 Å². The molecule has 0 saturated heterocycles. The Bertz CT molecular complexity index is 1170. The molecule has 0 unspecified atom stereocenters. The number of rotatable bonds is 5. The van der Waals surface area contributed by atoms with Crippen LogP contribution in [-0.4, -0.2) is 20.1 Å². The van der Waals surface area contributed by atoms with Crippen LogP contribution in [0, 0.1) is 20.8 Å². The van der Waals surface area contributed by atoms with Crippen molar-refractivity contribution in [3.05, 3.63) is 70.7 Å². The van der Waals surface area contributed by atoms with Crippen LogP contribution in [0.1, 0.15) is 17.0 Å². The molecule has 2 aromatic heterocycles. The molecule has 2 N–H and O–H groups in total. The van der Waals surface area contributed by atoms with E-state index >= 15 is 0 Å². The average Bonchev–Trinajstić information content (AvgIpc) is 3.14. The van der Waals surface area contributed by atoms with E-state index < -0.39 is 0 Å². The van der Waals surface area contributed by atoms with Gasteiger partial charge in [-0.1, -0.05) is 41.0 Å². The predicted octanol–water partition coefficient (Wildman–Crippen LogP) is 5.59. The summed E-state index contributed by atoms with van der Waals surface area (Å²) in [5.74, 6) is 1.90. The van der Waals surface area contributed by atoms with Crippen LogP contribution < -0.4 is 10.6 Å². The zero-order chi connectivity index (χ0) is 20.4. The molecule has 0 aliphatic rings. The maximum atomic E-state index is 6.34. The van der Waals surface area contributed by atoms with E-state index in [1.54, 1.807) is 13.1 Å². The van der Waals surface area contributed by atoms with Crippen LogP contribution in [-0.2, 0) is 0 Å². The second-order valence-electron chi connectivity index (χ2n) is 6.64. The van der Waals surface area contributed by atoms with Gasteiger partial charge in [-0.05, 0) is 43.2 Å². The monoisotopic (exact) mass is 406 g/mol. The average molecular weight is 407 g/mol. The van der Waals surface area contributed by atoms with Gasteiger partial charge >= 0.3 is 0 Å². The maximum absolute atomic E-state index is 6.34. The zero-order valence-electron chi connectivity index (χ0n) is 16.2. The first kappa shape index (κ1) is 18.9. The van der Waals surface area contributed by atoms with Crippen molar-refractivity contribution < 1.29 is 4.52 Å². The highest BCUT2D eigenvalue weighted by Crippen LogP contribution is 2.31. The Balaban J connectivity index is 1.65. The van der Waals surface area contributed by atoms with E-state index in [2.05, 4.69) is 42.9 Å². The Morgan fingerprint density at radius 3 is 2.55 bits per heavy atom. The van der Waals surface area contributed by atoms with Crippen LogP contribution >= 0.6 is 11.6 Å². The summed E-state index contributed by atoms with van der Waals surface area (Å²) in [7, 11) is 0. The van der Waals surface area contributed by atoms with Gasteiger partial charge in [0.15, 0.2) is 5.82 Å². The van der Waals surface area contributed by atoms with E-state index in [1.165, 1.54) is 0 Å². The van der Waals surface area contributed by atoms with Crippen LogP contribution in [0.3, 0.4) is 0 Å². The number of nitrogens with one attached hydrogen (secondary N) is 2. The highest BCUT2D eigenvalue weighted by atomic mass is 35.5. The van der Waals surface area contributed by atoms with Gasteiger partial charge in [-0.2, -0.15) is 9.97 Å². The highest BCUT2D eigenvalue weighted by Gasteiger charge is 2.13. The molecule has 0 amide bonds. The standard InChI is InChI=1S/C21H19ClN6O/c1-12-8-9-13(2)18(10-12)26-21-23-11-16(22)20(27-21)25-17-7-5-4-6-15(17)19-24-14(3)29-28-19/h4-11H,1-3H3,(H2,23,25,26,27). The fourth-order valence-corrected chi connectivity index (χ4v) is 2.97. The molecule has 0 atom stereocenters. The summed E-state index contributed by atoms with van der Waals surface area (Å²) in [6, 6.07) is 13.8. The smallest absolute Gasteiger partial charge is 0.229 e. The first-order valence-electron chi connectivity index (χ1n) is 9.03. The van der Waals surface area contributed by atoms with Gasteiger partial charge in [0.05, 0.1) is 11.9 Å².